The van der Waals surface area contributed by atoms with Gasteiger partial charge in [0.15, 0.2) is 17.5 Å². The van der Waals surface area contributed by atoms with Gasteiger partial charge in [0.1, 0.15) is 23.9 Å². The summed E-state index contributed by atoms with van der Waals surface area (Å²) in [7, 11) is 1.15. The largest absolute Gasteiger partial charge is 0.472 e. The van der Waals surface area contributed by atoms with Crippen LogP contribution in [0.15, 0.2) is 34.7 Å². The molecular weight excluding hydrogens is 560 g/mol. The number of allylic oxidation sites excluding steroid dienone is 1. The van der Waals surface area contributed by atoms with Gasteiger partial charge in [0.2, 0.25) is 0 Å². The van der Waals surface area contributed by atoms with Crippen LogP contribution in [0.25, 0.3) is 0 Å². The van der Waals surface area contributed by atoms with Crippen molar-refractivity contribution in [3.8, 4) is 0 Å². The van der Waals surface area contributed by atoms with E-state index < -0.39 is 93.3 Å². The number of carbonyl (C=O) groups is 4. The minimum Gasteiger partial charge on any atom is -0.472 e. The van der Waals surface area contributed by atoms with Crippen molar-refractivity contribution in [3.05, 3.63) is 35.8 Å². The second-order valence-electron chi connectivity index (χ2n) is 14.1. The molecule has 43 heavy (non-hydrogen) atoms. The minimum atomic E-state index is -2.32. The molecule has 11 heteroatoms. The average Bonchev–Trinajstić information content (AvgIpc) is 3.45. The first-order valence-electron chi connectivity index (χ1n) is 14.8. The van der Waals surface area contributed by atoms with E-state index in [1.165, 1.54) is 6.26 Å². The van der Waals surface area contributed by atoms with Crippen LogP contribution in [0.4, 0.5) is 0 Å². The number of Topliss-reactive ketones (excluding diaryl/α,β-unsaturated/α-hetero) is 1. The van der Waals surface area contributed by atoms with Crippen LogP contribution in [-0.2, 0) is 38.1 Å². The molecular formula is C32H40O11. The van der Waals surface area contributed by atoms with E-state index in [4.69, 9.17) is 23.4 Å². The van der Waals surface area contributed by atoms with Crippen LogP contribution < -0.4 is 0 Å². The fourth-order valence-electron chi connectivity index (χ4n) is 9.95. The summed E-state index contributed by atoms with van der Waals surface area (Å²) >= 11 is 0. The fourth-order valence-corrected chi connectivity index (χ4v) is 9.95. The number of ether oxygens (including phenoxy) is 4. The molecule has 2 N–H and O–H groups in total. The van der Waals surface area contributed by atoms with Crippen molar-refractivity contribution in [2.75, 3.05) is 7.11 Å². The number of furan rings is 1. The van der Waals surface area contributed by atoms with Crippen LogP contribution in [0.3, 0.4) is 0 Å². The Balaban J connectivity index is 1.55. The number of fused-ring (bicyclic) bond motifs is 5. The van der Waals surface area contributed by atoms with E-state index in [0.29, 0.717) is 18.4 Å². The SMILES string of the molecule is C/C=C(\C)C(=O)O[C@H]1C(C)(C)C([C@H](O)C(=O)OC)[C@]2(C)C(=O)[C@@]1(O)[C@H]1O[C@]13[C@@H]1CC(=O)O[C@@H](c4ccoc4)[C@]1(C)CC[C@@H]32. The Hall–Kier alpha value is -3.02. The van der Waals surface area contributed by atoms with E-state index in [-0.39, 0.29) is 12.0 Å². The maximum atomic E-state index is 14.7. The molecule has 3 aliphatic carbocycles. The summed E-state index contributed by atoms with van der Waals surface area (Å²) in [5.41, 5.74) is -6.06. The maximum Gasteiger partial charge on any atom is 0.335 e. The molecule has 3 heterocycles. The molecule has 11 atom stereocenters. The normalized spacial score (nSPS) is 45.1. The summed E-state index contributed by atoms with van der Waals surface area (Å²) in [6.45, 7) is 10.2. The highest BCUT2D eigenvalue weighted by molar-refractivity contribution is 5.99. The molecule has 3 saturated carbocycles. The van der Waals surface area contributed by atoms with E-state index in [9.17, 15) is 29.4 Å². The molecule has 6 rings (SSSR count). The van der Waals surface area contributed by atoms with Crippen molar-refractivity contribution in [1.29, 1.82) is 0 Å². The lowest BCUT2D eigenvalue weighted by molar-refractivity contribution is -0.260. The lowest BCUT2D eigenvalue weighted by Gasteiger charge is -2.67. The fraction of sp³-hybridized carbons (Fsp3) is 0.688. The van der Waals surface area contributed by atoms with E-state index in [1.54, 1.807) is 53.0 Å². The Morgan fingerprint density at radius 1 is 1.16 bits per heavy atom. The summed E-state index contributed by atoms with van der Waals surface area (Å²) in [5, 5.41) is 24.2. The highest BCUT2D eigenvalue weighted by atomic mass is 16.6. The van der Waals surface area contributed by atoms with Crippen molar-refractivity contribution in [1.82, 2.24) is 0 Å². The van der Waals surface area contributed by atoms with Crippen LogP contribution >= 0.6 is 0 Å². The number of cyclic esters (lactones) is 1. The van der Waals surface area contributed by atoms with Crippen molar-refractivity contribution in [3.63, 3.8) is 0 Å². The number of ketones is 1. The zero-order valence-electron chi connectivity index (χ0n) is 25.5. The predicted molar refractivity (Wildman–Crippen MR) is 147 cm³/mol. The first-order valence-corrected chi connectivity index (χ1v) is 14.8. The van der Waals surface area contributed by atoms with Gasteiger partial charge >= 0.3 is 17.9 Å². The number of hydrogen-bond donors (Lipinski definition) is 2. The van der Waals surface area contributed by atoms with Gasteiger partial charge in [-0.3, -0.25) is 9.59 Å². The van der Waals surface area contributed by atoms with Crippen LogP contribution in [0, 0.1) is 34.0 Å². The lowest BCUT2D eigenvalue weighted by atomic mass is 9.36. The molecule has 2 aliphatic heterocycles. The topological polar surface area (TPSA) is 162 Å². The molecule has 5 aliphatic rings. The molecule has 1 spiro atoms. The van der Waals surface area contributed by atoms with Gasteiger partial charge in [-0.05, 0) is 32.8 Å². The standard InChI is InChI=1S/C32H40O11/c1-8-15(2)23(35)42-26-28(3,4)21(20(34)24(36)39-7)30(6)17-9-11-29(5)18(32(17)27(43-32)31(26,38)25(30)37)13-19(33)41-22(29)16-10-12-40-14-16/h8,10,12,14,17-18,20-22,26-27,34,38H,9,11,13H2,1-7H3/b15-8+/t17-,18-,20+,21?,22+,26+,27-,29-,30-,31+,32-/m1/s1. The molecule has 0 amide bonds. The van der Waals surface area contributed by atoms with Crippen molar-refractivity contribution >= 4 is 23.7 Å². The first kappa shape index (κ1) is 30.0. The van der Waals surface area contributed by atoms with Crippen molar-refractivity contribution < 1.29 is 52.8 Å². The molecule has 0 radical (unpaired) electrons. The molecule has 2 saturated heterocycles. The number of epoxide rings is 1. The summed E-state index contributed by atoms with van der Waals surface area (Å²) in [4.78, 5) is 54.1. The molecule has 1 aromatic heterocycles. The predicted octanol–water partition coefficient (Wildman–Crippen LogP) is 2.83. The molecule has 2 bridgehead atoms. The van der Waals surface area contributed by atoms with Crippen molar-refractivity contribution in [2.45, 2.75) is 96.4 Å². The summed E-state index contributed by atoms with van der Waals surface area (Å²) in [6.07, 6.45) is 0.521. The monoisotopic (exact) mass is 600 g/mol. The number of methoxy groups -OCH3 is 1. The third kappa shape index (κ3) is 3.52. The van der Waals surface area contributed by atoms with Gasteiger partial charge in [-0.1, -0.05) is 33.8 Å². The van der Waals surface area contributed by atoms with Gasteiger partial charge < -0.3 is 33.6 Å². The number of hydrogen-bond acceptors (Lipinski definition) is 11. The maximum absolute atomic E-state index is 14.7. The van der Waals surface area contributed by atoms with Crippen LogP contribution in [0.2, 0.25) is 0 Å². The van der Waals surface area contributed by atoms with Gasteiger partial charge in [0.25, 0.3) is 0 Å². The highest BCUT2D eigenvalue weighted by Gasteiger charge is 2.91. The number of esters is 3. The third-order valence-corrected chi connectivity index (χ3v) is 11.8. The van der Waals surface area contributed by atoms with E-state index >= 15 is 0 Å². The average molecular weight is 601 g/mol. The van der Waals surface area contributed by atoms with E-state index in [2.05, 4.69) is 0 Å². The zero-order valence-corrected chi connectivity index (χ0v) is 25.5. The Bertz CT molecular complexity index is 1410. The molecule has 1 aromatic rings. The first-order chi connectivity index (χ1) is 20.1. The number of aliphatic hydroxyl groups is 2. The smallest absolute Gasteiger partial charge is 0.335 e. The quantitative estimate of drug-likeness (QED) is 0.221. The molecule has 5 fully saturated rings. The van der Waals surface area contributed by atoms with Crippen molar-refractivity contribution in [2.24, 2.45) is 34.0 Å². The summed E-state index contributed by atoms with van der Waals surface area (Å²) in [5.74, 6) is -5.01. The number of aliphatic hydroxyl groups excluding tert-OH is 1. The lowest BCUT2D eigenvalue weighted by Crippen LogP contribution is -2.81. The van der Waals surface area contributed by atoms with Gasteiger partial charge in [-0.2, -0.15) is 0 Å². The van der Waals surface area contributed by atoms with E-state index in [0.717, 1.165) is 7.11 Å². The molecule has 1 unspecified atom stereocenters. The van der Waals surface area contributed by atoms with Gasteiger partial charge in [0.05, 0.1) is 26.1 Å². The number of rotatable bonds is 5. The van der Waals surface area contributed by atoms with Crippen LogP contribution in [-0.4, -0.2) is 70.5 Å². The summed E-state index contributed by atoms with van der Waals surface area (Å²) in [6, 6.07) is 1.75. The molecule has 11 nitrogen and oxygen atoms in total. The second kappa shape index (κ2) is 9.25. The Labute approximate surface area is 249 Å². The third-order valence-electron chi connectivity index (χ3n) is 11.8. The van der Waals surface area contributed by atoms with Crippen LogP contribution in [0.1, 0.15) is 72.5 Å². The van der Waals surface area contributed by atoms with Gasteiger partial charge in [0, 0.05) is 45.1 Å². The van der Waals surface area contributed by atoms with Crippen LogP contribution in [0.5, 0.6) is 0 Å². The Morgan fingerprint density at radius 2 is 1.86 bits per heavy atom. The molecule has 234 valence electrons. The van der Waals surface area contributed by atoms with Gasteiger partial charge in [-0.25, -0.2) is 9.59 Å². The Morgan fingerprint density at radius 3 is 2.47 bits per heavy atom. The second-order valence-corrected chi connectivity index (χ2v) is 14.1. The minimum absolute atomic E-state index is 0.0199. The van der Waals surface area contributed by atoms with E-state index in [1.807, 2.05) is 6.92 Å². The number of carbonyl (C=O) groups excluding carboxylic acids is 4. The zero-order chi connectivity index (χ0) is 31.5. The Kier molecular flexibility index (Phi) is 6.46. The van der Waals surface area contributed by atoms with Gasteiger partial charge in [-0.15, -0.1) is 0 Å². The highest BCUT2D eigenvalue weighted by Crippen LogP contribution is 2.78. The summed E-state index contributed by atoms with van der Waals surface area (Å²) < 4.78 is 28.7. The molecule has 0 aromatic carbocycles.